The molecule has 0 fully saturated rings. The van der Waals surface area contributed by atoms with Crippen LogP contribution in [0.1, 0.15) is 18.1 Å². The summed E-state index contributed by atoms with van der Waals surface area (Å²) in [4.78, 5) is 3.36. The third-order valence-electron chi connectivity index (χ3n) is 2.22. The molecule has 1 aromatic carbocycles. The molecule has 0 amide bonds. The molecule has 1 heterocycles. The minimum atomic E-state index is 0.290. The molecule has 1 atom stereocenters. The summed E-state index contributed by atoms with van der Waals surface area (Å²) in [6.07, 6.45) is 1.26. The second-order valence-electron chi connectivity index (χ2n) is 3.39. The number of rotatable bonds is 1. The summed E-state index contributed by atoms with van der Waals surface area (Å²) in [6, 6.07) is 6.02. The molecule has 0 radical (unpaired) electrons. The summed E-state index contributed by atoms with van der Waals surface area (Å²) in [5.41, 5.74) is 2.33. The minimum Gasteiger partial charge on any atom is -0.490 e. The molecule has 0 N–H and O–H groups in total. The van der Waals surface area contributed by atoms with E-state index in [1.807, 2.05) is 12.1 Å². The van der Waals surface area contributed by atoms with Gasteiger partial charge in [-0.2, -0.15) is 0 Å². The Morgan fingerprint density at radius 1 is 1.62 bits per heavy atom. The second kappa shape index (κ2) is 3.10. The highest BCUT2D eigenvalue weighted by Crippen LogP contribution is 2.29. The van der Waals surface area contributed by atoms with Crippen LogP contribution in [0.25, 0.3) is 4.85 Å². The van der Waals surface area contributed by atoms with E-state index in [1.165, 1.54) is 5.56 Å². The molecule has 1 aromatic rings. The van der Waals surface area contributed by atoms with Gasteiger partial charge in [-0.05, 0) is 30.7 Å². The Morgan fingerprint density at radius 2 is 2.46 bits per heavy atom. The highest BCUT2D eigenvalue weighted by molar-refractivity contribution is 5.40. The van der Waals surface area contributed by atoms with Gasteiger partial charge in [0.15, 0.2) is 0 Å². The normalized spacial score (nSPS) is 18.9. The molecular formula is C11H11NO. The molecule has 66 valence electrons. The maximum atomic E-state index is 6.77. The third kappa shape index (κ3) is 1.50. The fraction of sp³-hybridized carbons (Fsp3) is 0.364. The molecule has 0 saturated carbocycles. The highest BCUT2D eigenvalue weighted by Gasteiger charge is 2.18. The van der Waals surface area contributed by atoms with Crippen molar-refractivity contribution in [2.45, 2.75) is 26.0 Å². The molecule has 2 rings (SSSR count). The second-order valence-corrected chi connectivity index (χ2v) is 3.39. The molecule has 0 spiro atoms. The van der Waals surface area contributed by atoms with Crippen LogP contribution in [0.4, 0.5) is 0 Å². The Bertz CT molecular complexity index is 365. The SMILES string of the molecule is [C-]#[N+]Cc1ccc2c(c1)CC(C)O2. The summed E-state index contributed by atoms with van der Waals surface area (Å²) >= 11 is 0. The predicted octanol–water partition coefficient (Wildman–Crippen LogP) is 2.43. The predicted molar refractivity (Wildman–Crippen MR) is 50.5 cm³/mol. The van der Waals surface area contributed by atoms with E-state index in [9.17, 15) is 0 Å². The molecule has 1 unspecified atom stereocenters. The van der Waals surface area contributed by atoms with Crippen LogP contribution < -0.4 is 4.74 Å². The molecule has 1 aliphatic rings. The maximum absolute atomic E-state index is 6.77. The van der Waals surface area contributed by atoms with Gasteiger partial charge in [-0.25, -0.2) is 6.57 Å². The standard InChI is InChI=1S/C11H11NO/c1-8-5-10-6-9(7-12-2)3-4-11(10)13-8/h3-4,6,8H,5,7H2,1H3. The molecule has 2 heteroatoms. The number of hydrogen-bond acceptors (Lipinski definition) is 1. The lowest BCUT2D eigenvalue weighted by Crippen LogP contribution is -2.05. The quantitative estimate of drug-likeness (QED) is 0.595. The monoisotopic (exact) mass is 173 g/mol. The Hall–Kier alpha value is -1.49. The smallest absolute Gasteiger partial charge is 0.239 e. The van der Waals surface area contributed by atoms with Gasteiger partial charge in [0.05, 0.1) is 0 Å². The first-order valence-corrected chi connectivity index (χ1v) is 4.41. The maximum Gasteiger partial charge on any atom is 0.239 e. The molecule has 0 aromatic heterocycles. The van der Waals surface area contributed by atoms with Crippen LogP contribution in [0.3, 0.4) is 0 Å². The minimum absolute atomic E-state index is 0.290. The van der Waals surface area contributed by atoms with E-state index in [4.69, 9.17) is 11.3 Å². The topological polar surface area (TPSA) is 13.6 Å². The van der Waals surface area contributed by atoms with E-state index >= 15 is 0 Å². The average molecular weight is 173 g/mol. The zero-order valence-electron chi connectivity index (χ0n) is 7.58. The number of fused-ring (bicyclic) bond motifs is 1. The van der Waals surface area contributed by atoms with Crippen LogP contribution in [0.5, 0.6) is 5.75 Å². The molecule has 1 aliphatic heterocycles. The van der Waals surface area contributed by atoms with Gasteiger partial charge in [0.2, 0.25) is 6.54 Å². The van der Waals surface area contributed by atoms with Crippen molar-refractivity contribution < 1.29 is 4.74 Å². The Balaban J connectivity index is 2.30. The van der Waals surface area contributed by atoms with Crippen LogP contribution >= 0.6 is 0 Å². The van der Waals surface area contributed by atoms with Gasteiger partial charge in [-0.1, -0.05) is 0 Å². The number of benzene rings is 1. The lowest BCUT2D eigenvalue weighted by molar-refractivity contribution is 0.254. The van der Waals surface area contributed by atoms with Crippen molar-refractivity contribution in [3.8, 4) is 5.75 Å². The molecular weight excluding hydrogens is 162 g/mol. The van der Waals surface area contributed by atoms with Crippen LogP contribution in [0, 0.1) is 6.57 Å². The zero-order valence-corrected chi connectivity index (χ0v) is 7.58. The summed E-state index contributed by atoms with van der Waals surface area (Å²) in [7, 11) is 0. The molecule has 0 bridgehead atoms. The van der Waals surface area contributed by atoms with Gasteiger partial charge in [0.1, 0.15) is 11.9 Å². The van der Waals surface area contributed by atoms with Crippen molar-refractivity contribution in [2.24, 2.45) is 0 Å². The number of ether oxygens (including phenoxy) is 1. The van der Waals surface area contributed by atoms with Crippen LogP contribution in [-0.4, -0.2) is 6.10 Å². The third-order valence-corrected chi connectivity index (χ3v) is 2.22. The van der Waals surface area contributed by atoms with Gasteiger partial charge in [-0.15, -0.1) is 0 Å². The molecule has 2 nitrogen and oxygen atoms in total. The summed E-state index contributed by atoms with van der Waals surface area (Å²) < 4.78 is 5.56. The van der Waals surface area contributed by atoms with Crippen molar-refractivity contribution >= 4 is 0 Å². The fourth-order valence-electron chi connectivity index (χ4n) is 1.67. The summed E-state index contributed by atoms with van der Waals surface area (Å²) in [6.45, 7) is 9.31. The van der Waals surface area contributed by atoms with E-state index in [0.29, 0.717) is 6.54 Å². The Labute approximate surface area is 78.0 Å². The highest BCUT2D eigenvalue weighted by atomic mass is 16.5. The van der Waals surface area contributed by atoms with Gasteiger partial charge >= 0.3 is 0 Å². The largest absolute Gasteiger partial charge is 0.490 e. The van der Waals surface area contributed by atoms with Crippen molar-refractivity contribution in [1.82, 2.24) is 0 Å². The number of nitrogens with zero attached hydrogens (tertiary/aromatic N) is 1. The van der Waals surface area contributed by atoms with Gasteiger partial charge in [0.25, 0.3) is 0 Å². The first-order valence-electron chi connectivity index (χ1n) is 4.41. The lowest BCUT2D eigenvalue weighted by atomic mass is 10.1. The van der Waals surface area contributed by atoms with E-state index < -0.39 is 0 Å². The van der Waals surface area contributed by atoms with E-state index in [0.717, 1.165) is 17.7 Å². The van der Waals surface area contributed by atoms with Crippen molar-refractivity contribution in [1.29, 1.82) is 0 Å². The van der Waals surface area contributed by atoms with E-state index in [2.05, 4.69) is 17.8 Å². The van der Waals surface area contributed by atoms with Crippen molar-refractivity contribution in [2.75, 3.05) is 0 Å². The molecule has 0 saturated heterocycles. The van der Waals surface area contributed by atoms with Crippen molar-refractivity contribution in [3.63, 3.8) is 0 Å². The van der Waals surface area contributed by atoms with Gasteiger partial charge in [0, 0.05) is 12.0 Å². The van der Waals surface area contributed by atoms with Crippen molar-refractivity contribution in [3.05, 3.63) is 40.7 Å². The van der Waals surface area contributed by atoms with Gasteiger partial charge < -0.3 is 9.58 Å². The Kier molecular flexibility index (Phi) is 1.94. The zero-order chi connectivity index (χ0) is 9.26. The first-order chi connectivity index (χ1) is 6.29. The number of hydrogen-bond donors (Lipinski definition) is 0. The van der Waals surface area contributed by atoms with Gasteiger partial charge in [-0.3, -0.25) is 0 Å². The lowest BCUT2D eigenvalue weighted by Gasteiger charge is -2.01. The van der Waals surface area contributed by atoms with E-state index in [1.54, 1.807) is 0 Å². The summed E-state index contributed by atoms with van der Waals surface area (Å²) in [5.74, 6) is 0.987. The average Bonchev–Trinajstić information content (AvgIpc) is 2.44. The fourth-order valence-corrected chi connectivity index (χ4v) is 1.67. The van der Waals surface area contributed by atoms with Crippen LogP contribution in [-0.2, 0) is 13.0 Å². The van der Waals surface area contributed by atoms with Crippen LogP contribution in [0.15, 0.2) is 18.2 Å². The summed E-state index contributed by atoms with van der Waals surface area (Å²) in [5, 5.41) is 0. The Morgan fingerprint density at radius 3 is 3.23 bits per heavy atom. The first kappa shape index (κ1) is 8.12. The van der Waals surface area contributed by atoms with Crippen LogP contribution in [0.2, 0.25) is 0 Å². The molecule has 13 heavy (non-hydrogen) atoms. The molecule has 0 aliphatic carbocycles. The van der Waals surface area contributed by atoms with E-state index in [-0.39, 0.29) is 6.10 Å².